The van der Waals surface area contributed by atoms with Crippen LogP contribution in [0, 0.1) is 0 Å². The van der Waals surface area contributed by atoms with Crippen LogP contribution in [0.2, 0.25) is 0 Å². The van der Waals surface area contributed by atoms with Crippen molar-refractivity contribution in [3.63, 3.8) is 0 Å². The lowest BCUT2D eigenvalue weighted by Crippen LogP contribution is -2.23. The molecule has 1 aromatic heterocycles. The molecule has 1 atom stereocenters. The molecule has 2 heterocycles. The van der Waals surface area contributed by atoms with E-state index in [1.165, 1.54) is 22.6 Å². The SMILES string of the molecule is CCCCC[C@H](O)c1ccc(N2CCCC2=O)cc1.CCCc1ccc(C(=O)OCCCCO)s1. The number of aliphatic hydroxyl groups is 2. The van der Waals surface area contributed by atoms with Gasteiger partial charge in [-0.1, -0.05) is 51.7 Å². The van der Waals surface area contributed by atoms with E-state index in [0.29, 0.717) is 24.3 Å². The van der Waals surface area contributed by atoms with Crippen LogP contribution in [-0.2, 0) is 16.0 Å². The second kappa shape index (κ2) is 16.5. The fourth-order valence-corrected chi connectivity index (χ4v) is 4.87. The molecule has 6 nitrogen and oxygen atoms in total. The molecular weight excluding hydrogens is 462 g/mol. The van der Waals surface area contributed by atoms with Gasteiger partial charge in [-0.2, -0.15) is 0 Å². The van der Waals surface area contributed by atoms with Gasteiger partial charge in [0.05, 0.1) is 12.7 Å². The molecule has 1 amide bonds. The van der Waals surface area contributed by atoms with Crippen LogP contribution in [0.25, 0.3) is 0 Å². The minimum atomic E-state index is -0.380. The van der Waals surface area contributed by atoms with E-state index in [2.05, 4.69) is 13.8 Å². The maximum absolute atomic E-state index is 11.6. The Balaban J connectivity index is 0.000000251. The minimum absolute atomic E-state index is 0.150. The molecule has 194 valence electrons. The molecule has 1 aliphatic heterocycles. The monoisotopic (exact) mass is 503 g/mol. The molecule has 7 heteroatoms. The highest BCUT2D eigenvalue weighted by Crippen LogP contribution is 2.25. The summed E-state index contributed by atoms with van der Waals surface area (Å²) >= 11 is 1.51. The van der Waals surface area contributed by atoms with Crippen LogP contribution in [0.15, 0.2) is 36.4 Å². The number of amides is 1. The Morgan fingerprint density at radius 2 is 1.83 bits per heavy atom. The quantitative estimate of drug-likeness (QED) is 0.256. The summed E-state index contributed by atoms with van der Waals surface area (Å²) in [5.74, 6) is -0.0402. The van der Waals surface area contributed by atoms with E-state index in [9.17, 15) is 14.7 Å². The fraction of sp³-hybridized carbons (Fsp3) is 0.571. The number of thiophene rings is 1. The van der Waals surface area contributed by atoms with Gasteiger partial charge in [0, 0.05) is 30.1 Å². The third kappa shape index (κ3) is 10.1. The second-order valence-electron chi connectivity index (χ2n) is 8.83. The molecule has 2 aromatic rings. The third-order valence-electron chi connectivity index (χ3n) is 5.89. The second-order valence-corrected chi connectivity index (χ2v) is 10.0. The topological polar surface area (TPSA) is 87.1 Å². The smallest absolute Gasteiger partial charge is 0.348 e. The molecule has 0 bridgehead atoms. The van der Waals surface area contributed by atoms with E-state index >= 15 is 0 Å². The number of nitrogens with zero attached hydrogens (tertiary/aromatic N) is 1. The molecule has 0 aliphatic carbocycles. The van der Waals surface area contributed by atoms with Crippen molar-refractivity contribution >= 4 is 28.9 Å². The van der Waals surface area contributed by atoms with Gasteiger partial charge in [0.2, 0.25) is 5.91 Å². The van der Waals surface area contributed by atoms with Gasteiger partial charge in [-0.15, -0.1) is 11.3 Å². The Morgan fingerprint density at radius 1 is 1.06 bits per heavy atom. The van der Waals surface area contributed by atoms with Gasteiger partial charge in [0.15, 0.2) is 0 Å². The maximum Gasteiger partial charge on any atom is 0.348 e. The van der Waals surface area contributed by atoms with Crippen molar-refractivity contribution in [1.82, 2.24) is 0 Å². The van der Waals surface area contributed by atoms with E-state index in [0.717, 1.165) is 62.7 Å². The standard InChI is InChI=1S/C16H23NO2.C12H18O3S/c1-2-3-4-6-15(18)13-8-10-14(11-9-13)17-12-5-7-16(17)19;1-2-5-10-6-7-11(16-10)12(14)15-9-4-3-8-13/h8-11,15,18H,2-7,12H2,1H3;6-7,13H,2-5,8-9H2,1H3/t15-;/m0./s1. The van der Waals surface area contributed by atoms with Gasteiger partial charge < -0.3 is 19.8 Å². The lowest BCUT2D eigenvalue weighted by atomic mass is 10.0. The number of esters is 1. The Hall–Kier alpha value is -2.22. The number of anilines is 1. The average molecular weight is 504 g/mol. The highest BCUT2D eigenvalue weighted by Gasteiger charge is 2.21. The van der Waals surface area contributed by atoms with Gasteiger partial charge in [0.25, 0.3) is 0 Å². The zero-order valence-corrected chi connectivity index (χ0v) is 22.0. The van der Waals surface area contributed by atoms with Crippen molar-refractivity contribution in [2.24, 2.45) is 0 Å². The Labute approximate surface area is 213 Å². The number of carbonyl (C=O) groups excluding carboxylic acids is 2. The van der Waals surface area contributed by atoms with Crippen LogP contribution in [-0.4, -0.2) is 41.8 Å². The van der Waals surface area contributed by atoms with Gasteiger partial charge in [-0.05, 0) is 61.9 Å². The summed E-state index contributed by atoms with van der Waals surface area (Å²) < 4.78 is 5.08. The van der Waals surface area contributed by atoms with E-state index in [-0.39, 0.29) is 24.6 Å². The number of unbranched alkanes of at least 4 members (excludes halogenated alkanes) is 3. The first kappa shape index (κ1) is 29.0. The number of aliphatic hydroxyl groups excluding tert-OH is 2. The van der Waals surface area contributed by atoms with E-state index in [4.69, 9.17) is 9.84 Å². The molecule has 1 aromatic carbocycles. The first-order valence-electron chi connectivity index (χ1n) is 12.9. The number of aryl methyl sites for hydroxylation is 1. The molecule has 1 fully saturated rings. The van der Waals surface area contributed by atoms with Crippen LogP contribution < -0.4 is 4.90 Å². The lowest BCUT2D eigenvalue weighted by Gasteiger charge is -2.17. The van der Waals surface area contributed by atoms with Crippen molar-refractivity contribution in [2.45, 2.75) is 84.2 Å². The van der Waals surface area contributed by atoms with Crippen molar-refractivity contribution in [1.29, 1.82) is 0 Å². The van der Waals surface area contributed by atoms with Gasteiger partial charge in [0.1, 0.15) is 4.88 Å². The van der Waals surface area contributed by atoms with Crippen molar-refractivity contribution in [3.05, 3.63) is 51.7 Å². The van der Waals surface area contributed by atoms with Crippen LogP contribution in [0.4, 0.5) is 5.69 Å². The largest absolute Gasteiger partial charge is 0.462 e. The summed E-state index contributed by atoms with van der Waals surface area (Å²) in [7, 11) is 0. The summed E-state index contributed by atoms with van der Waals surface area (Å²) in [6.07, 6.45) is 8.93. The Bertz CT molecular complexity index is 880. The highest BCUT2D eigenvalue weighted by molar-refractivity contribution is 7.13. The molecule has 0 saturated carbocycles. The summed E-state index contributed by atoms with van der Waals surface area (Å²) in [6, 6.07) is 11.6. The third-order valence-corrected chi connectivity index (χ3v) is 7.01. The molecule has 3 rings (SSSR count). The van der Waals surface area contributed by atoms with Crippen LogP contribution in [0.5, 0.6) is 0 Å². The van der Waals surface area contributed by atoms with E-state index < -0.39 is 0 Å². The molecular formula is C28H41NO5S. The first-order chi connectivity index (χ1) is 17.0. The zero-order chi connectivity index (χ0) is 25.5. The molecule has 1 aliphatic rings. The zero-order valence-electron chi connectivity index (χ0n) is 21.2. The number of benzene rings is 1. The molecule has 0 unspecified atom stereocenters. The van der Waals surface area contributed by atoms with Crippen LogP contribution in [0.1, 0.15) is 97.9 Å². The van der Waals surface area contributed by atoms with Gasteiger partial charge in [-0.25, -0.2) is 4.79 Å². The van der Waals surface area contributed by atoms with Crippen molar-refractivity contribution in [2.75, 3.05) is 24.7 Å². The summed E-state index contributed by atoms with van der Waals surface area (Å²) in [4.78, 5) is 26.9. The minimum Gasteiger partial charge on any atom is -0.462 e. The number of hydrogen-bond acceptors (Lipinski definition) is 6. The normalized spacial score (nSPS) is 13.9. The number of carbonyl (C=O) groups is 2. The predicted octanol–water partition coefficient (Wildman–Crippen LogP) is 6.06. The van der Waals surface area contributed by atoms with Gasteiger partial charge >= 0.3 is 5.97 Å². The van der Waals surface area contributed by atoms with Crippen LogP contribution in [0.3, 0.4) is 0 Å². The summed E-state index contributed by atoms with van der Waals surface area (Å²) in [5.41, 5.74) is 1.90. The molecule has 35 heavy (non-hydrogen) atoms. The van der Waals surface area contributed by atoms with Crippen LogP contribution >= 0.6 is 11.3 Å². The Kier molecular flexibility index (Phi) is 13.6. The summed E-state index contributed by atoms with van der Waals surface area (Å²) in [6.45, 7) is 5.63. The van der Waals surface area contributed by atoms with Crippen molar-refractivity contribution < 1.29 is 24.5 Å². The molecule has 1 saturated heterocycles. The molecule has 2 N–H and O–H groups in total. The predicted molar refractivity (Wildman–Crippen MR) is 142 cm³/mol. The highest BCUT2D eigenvalue weighted by atomic mass is 32.1. The van der Waals surface area contributed by atoms with E-state index in [1.54, 1.807) is 0 Å². The Morgan fingerprint density at radius 3 is 2.46 bits per heavy atom. The first-order valence-corrected chi connectivity index (χ1v) is 13.8. The number of ether oxygens (including phenoxy) is 1. The van der Waals surface area contributed by atoms with Gasteiger partial charge in [-0.3, -0.25) is 4.79 Å². The average Bonchev–Trinajstić information content (AvgIpc) is 3.52. The maximum atomic E-state index is 11.6. The number of hydrogen-bond donors (Lipinski definition) is 2. The van der Waals surface area contributed by atoms with E-state index in [1.807, 2.05) is 41.3 Å². The summed E-state index contributed by atoms with van der Waals surface area (Å²) in [5, 5.41) is 18.6. The lowest BCUT2D eigenvalue weighted by molar-refractivity contribution is -0.117. The fourth-order valence-electron chi connectivity index (χ4n) is 3.87. The number of rotatable bonds is 13. The molecule has 0 radical (unpaired) electrons. The van der Waals surface area contributed by atoms with Crippen molar-refractivity contribution in [3.8, 4) is 0 Å². The molecule has 0 spiro atoms.